The maximum absolute atomic E-state index is 10.8. The van der Waals surface area contributed by atoms with Crippen LogP contribution in [-0.4, -0.2) is 17.3 Å². The second-order valence-corrected chi connectivity index (χ2v) is 12.6. The maximum atomic E-state index is 10.8. The van der Waals surface area contributed by atoms with Gasteiger partial charge in [0.2, 0.25) is 0 Å². The van der Waals surface area contributed by atoms with Gasteiger partial charge < -0.3 is 14.2 Å². The Morgan fingerprint density at radius 1 is 0.958 bits per heavy atom. The number of benzene rings is 1. The molecule has 0 aliphatic carbocycles. The second-order valence-electron chi connectivity index (χ2n) is 8.93. The number of hydrogen-bond acceptors (Lipinski definition) is 4. The molecule has 2 atom stereocenters. The van der Waals surface area contributed by atoms with Crippen LogP contribution in [0.25, 0.3) is 0 Å². The molecule has 24 heavy (non-hydrogen) atoms. The second kappa shape index (κ2) is 6.39. The van der Waals surface area contributed by atoms with Crippen molar-refractivity contribution in [1.29, 1.82) is 0 Å². The molecule has 1 aliphatic heterocycles. The van der Waals surface area contributed by atoms with Crippen LogP contribution in [0.5, 0.6) is 5.75 Å². The number of phenols is 1. The Kier molecular flexibility index (Phi) is 5.30. The Morgan fingerprint density at radius 3 is 1.67 bits per heavy atom. The average molecular weight is 370 g/mol. The van der Waals surface area contributed by atoms with E-state index in [1.54, 1.807) is 0 Å². The van der Waals surface area contributed by atoms with Crippen LogP contribution in [0.3, 0.4) is 0 Å². The summed E-state index contributed by atoms with van der Waals surface area (Å²) < 4.78 is 12.0. The van der Waals surface area contributed by atoms with Crippen LogP contribution in [0.4, 0.5) is 0 Å². The summed E-state index contributed by atoms with van der Waals surface area (Å²) in [5.74, 6) is 0.394. The normalized spacial score (nSPS) is 28.3. The molecule has 0 radical (unpaired) electrons. The molecule has 1 fully saturated rings. The molecule has 0 amide bonds. The van der Waals surface area contributed by atoms with Crippen LogP contribution in [0.15, 0.2) is 12.1 Å². The highest BCUT2D eigenvalue weighted by Crippen LogP contribution is 2.59. The first kappa shape index (κ1) is 19.9. The zero-order valence-corrected chi connectivity index (χ0v) is 17.8. The summed E-state index contributed by atoms with van der Waals surface area (Å²) >= 11 is 5.71. The van der Waals surface area contributed by atoms with Crippen molar-refractivity contribution in [3.05, 3.63) is 28.8 Å². The van der Waals surface area contributed by atoms with Crippen LogP contribution < -0.4 is 0 Å². The molecule has 2 unspecified atom stereocenters. The largest absolute Gasteiger partial charge is 0.507 e. The third kappa shape index (κ3) is 4.22. The van der Waals surface area contributed by atoms with Gasteiger partial charge in [-0.3, -0.25) is 0 Å². The molecule has 5 heteroatoms. The lowest BCUT2D eigenvalue weighted by molar-refractivity contribution is 0.187. The van der Waals surface area contributed by atoms with E-state index in [4.69, 9.17) is 20.9 Å². The standard InChI is InChI=1S/C19H31O3PS/c1-12-13(2)22-23(24,21-12)11-14-9-15(18(3,4)5)17(20)16(10-14)19(6,7)8/h9-10,12-13,20H,11H2,1-8H3. The molecule has 1 saturated heterocycles. The van der Waals surface area contributed by atoms with Crippen molar-refractivity contribution in [2.24, 2.45) is 0 Å². The van der Waals surface area contributed by atoms with Crippen molar-refractivity contribution < 1.29 is 14.2 Å². The van der Waals surface area contributed by atoms with Gasteiger partial charge in [0.05, 0.1) is 12.2 Å². The number of aromatic hydroxyl groups is 1. The van der Waals surface area contributed by atoms with E-state index in [0.29, 0.717) is 11.9 Å². The highest BCUT2D eigenvalue weighted by atomic mass is 32.5. The van der Waals surface area contributed by atoms with E-state index in [2.05, 4.69) is 53.7 Å². The van der Waals surface area contributed by atoms with Crippen LogP contribution in [-0.2, 0) is 37.8 Å². The van der Waals surface area contributed by atoms with Crippen LogP contribution >= 0.6 is 6.49 Å². The molecular formula is C19H31O3PS. The minimum Gasteiger partial charge on any atom is -0.507 e. The van der Waals surface area contributed by atoms with Gasteiger partial charge in [0.15, 0.2) is 6.49 Å². The summed E-state index contributed by atoms with van der Waals surface area (Å²) in [4.78, 5) is 0. The molecule has 2 rings (SSSR count). The first-order valence-corrected chi connectivity index (χ1v) is 11.4. The molecule has 0 aromatic heterocycles. The quantitative estimate of drug-likeness (QED) is 0.686. The first-order chi connectivity index (χ1) is 10.7. The molecular weight excluding hydrogens is 339 g/mol. The molecule has 1 aromatic carbocycles. The minimum atomic E-state index is -2.31. The van der Waals surface area contributed by atoms with E-state index in [1.807, 2.05) is 13.8 Å². The number of hydrogen-bond donors (Lipinski definition) is 1. The summed E-state index contributed by atoms with van der Waals surface area (Å²) in [5, 5.41) is 10.8. The van der Waals surface area contributed by atoms with Gasteiger partial charge in [-0.2, -0.15) is 0 Å². The molecule has 1 N–H and O–H groups in total. The number of rotatable bonds is 2. The summed E-state index contributed by atoms with van der Waals surface area (Å²) in [6.45, 7) is 14.4. The van der Waals surface area contributed by atoms with Gasteiger partial charge in [-0.25, -0.2) is 0 Å². The van der Waals surface area contributed by atoms with E-state index >= 15 is 0 Å². The van der Waals surface area contributed by atoms with Crippen molar-refractivity contribution in [2.45, 2.75) is 84.6 Å². The summed E-state index contributed by atoms with van der Waals surface area (Å²) in [5.41, 5.74) is 2.70. The Bertz CT molecular complexity index is 621. The smallest absolute Gasteiger partial charge is 0.193 e. The van der Waals surface area contributed by atoms with E-state index in [0.717, 1.165) is 16.7 Å². The van der Waals surface area contributed by atoms with Gasteiger partial charge in [0.1, 0.15) is 5.75 Å². The Balaban J connectivity index is 2.50. The van der Waals surface area contributed by atoms with Gasteiger partial charge >= 0.3 is 0 Å². The summed E-state index contributed by atoms with van der Waals surface area (Å²) in [7, 11) is 0. The van der Waals surface area contributed by atoms with Crippen molar-refractivity contribution >= 4 is 18.3 Å². The molecule has 1 aliphatic rings. The zero-order valence-electron chi connectivity index (χ0n) is 16.1. The molecule has 136 valence electrons. The van der Waals surface area contributed by atoms with Crippen molar-refractivity contribution in [2.75, 3.05) is 0 Å². The minimum absolute atomic E-state index is 0.0390. The van der Waals surface area contributed by atoms with E-state index < -0.39 is 6.49 Å². The van der Waals surface area contributed by atoms with Crippen LogP contribution in [0.1, 0.15) is 72.1 Å². The average Bonchev–Trinajstić information content (AvgIpc) is 2.62. The topological polar surface area (TPSA) is 38.7 Å². The van der Waals surface area contributed by atoms with Crippen LogP contribution in [0, 0.1) is 0 Å². The molecule has 0 bridgehead atoms. The van der Waals surface area contributed by atoms with Crippen LogP contribution in [0.2, 0.25) is 0 Å². The predicted octanol–water partition coefficient (Wildman–Crippen LogP) is 5.62. The fourth-order valence-corrected chi connectivity index (χ4v) is 6.38. The predicted molar refractivity (Wildman–Crippen MR) is 105 cm³/mol. The van der Waals surface area contributed by atoms with Crippen molar-refractivity contribution in [3.8, 4) is 5.75 Å². The van der Waals surface area contributed by atoms with Gasteiger partial charge in [0, 0.05) is 6.16 Å². The third-order valence-corrected chi connectivity index (χ3v) is 7.44. The summed E-state index contributed by atoms with van der Waals surface area (Å²) in [6, 6.07) is 4.14. The van der Waals surface area contributed by atoms with E-state index in [1.165, 1.54) is 0 Å². The monoisotopic (exact) mass is 370 g/mol. The lowest BCUT2D eigenvalue weighted by Crippen LogP contribution is -2.18. The van der Waals surface area contributed by atoms with Crippen molar-refractivity contribution in [3.63, 3.8) is 0 Å². The van der Waals surface area contributed by atoms with Gasteiger partial charge in [0.25, 0.3) is 0 Å². The third-order valence-electron chi connectivity index (χ3n) is 4.48. The summed E-state index contributed by atoms with van der Waals surface area (Å²) in [6.07, 6.45) is 0.679. The Hall–Kier alpha value is -0.410. The van der Waals surface area contributed by atoms with E-state index in [-0.39, 0.29) is 23.0 Å². The highest BCUT2D eigenvalue weighted by Gasteiger charge is 2.36. The Morgan fingerprint density at radius 2 is 1.33 bits per heavy atom. The highest BCUT2D eigenvalue weighted by molar-refractivity contribution is 8.09. The van der Waals surface area contributed by atoms with Gasteiger partial charge in [-0.05, 0) is 53.2 Å². The fourth-order valence-electron chi connectivity index (χ4n) is 2.93. The lowest BCUT2D eigenvalue weighted by atomic mass is 9.78. The van der Waals surface area contributed by atoms with Gasteiger partial charge in [-0.15, -0.1) is 0 Å². The molecule has 3 nitrogen and oxygen atoms in total. The van der Waals surface area contributed by atoms with Gasteiger partial charge in [-0.1, -0.05) is 53.7 Å². The lowest BCUT2D eigenvalue weighted by Gasteiger charge is -2.29. The molecule has 1 heterocycles. The fraction of sp³-hybridized carbons (Fsp3) is 0.684. The SMILES string of the molecule is CC1OP(=S)(Cc2cc(C(C)(C)C)c(O)c(C(C)(C)C)c2)OC1C. The maximum Gasteiger partial charge on any atom is 0.193 e. The van der Waals surface area contributed by atoms with Crippen molar-refractivity contribution in [1.82, 2.24) is 0 Å². The molecule has 1 aromatic rings. The zero-order chi connectivity index (χ0) is 18.5. The number of phenolic OH excluding ortho intramolecular Hbond substituents is 1. The van der Waals surface area contributed by atoms with E-state index in [9.17, 15) is 5.11 Å². The first-order valence-electron chi connectivity index (χ1n) is 8.56. The Labute approximate surface area is 151 Å². The molecule has 0 saturated carbocycles. The molecule has 0 spiro atoms.